The highest BCUT2D eigenvalue weighted by Gasteiger charge is 2.41. The van der Waals surface area contributed by atoms with E-state index in [1.54, 1.807) is 18.2 Å². The van der Waals surface area contributed by atoms with Gasteiger partial charge in [-0.25, -0.2) is 0 Å². The van der Waals surface area contributed by atoms with Crippen LogP contribution in [0.1, 0.15) is 23.2 Å². The molecule has 1 amide bonds. The van der Waals surface area contributed by atoms with Gasteiger partial charge in [0.1, 0.15) is 0 Å². The first-order chi connectivity index (χ1) is 8.04. The Bertz CT molecular complexity index is 426. The number of nitrogens with one attached hydrogen (secondary N) is 1. The van der Waals surface area contributed by atoms with E-state index in [2.05, 4.69) is 37.2 Å². The highest BCUT2D eigenvalue weighted by Crippen LogP contribution is 2.46. The Morgan fingerprint density at radius 1 is 1.41 bits per heavy atom. The Kier molecular flexibility index (Phi) is 4.16. The van der Waals surface area contributed by atoms with Gasteiger partial charge in [-0.1, -0.05) is 43.5 Å². The first-order valence-corrected chi connectivity index (χ1v) is 7.64. The lowest BCUT2D eigenvalue weighted by atomic mass is 10.1. The maximum atomic E-state index is 11.9. The van der Waals surface area contributed by atoms with E-state index in [0.29, 0.717) is 10.6 Å². The normalized spacial score (nSPS) is 16.6. The van der Waals surface area contributed by atoms with Gasteiger partial charge in [-0.2, -0.15) is 0 Å². The van der Waals surface area contributed by atoms with Crippen LogP contribution in [0.15, 0.2) is 22.7 Å². The Morgan fingerprint density at radius 3 is 2.65 bits per heavy atom. The largest absolute Gasteiger partial charge is 0.351 e. The molecule has 5 heteroatoms. The maximum absolute atomic E-state index is 11.9. The van der Waals surface area contributed by atoms with Gasteiger partial charge >= 0.3 is 0 Å². The van der Waals surface area contributed by atoms with Crippen molar-refractivity contribution in [1.29, 1.82) is 0 Å². The van der Waals surface area contributed by atoms with Gasteiger partial charge in [-0.3, -0.25) is 4.79 Å². The number of alkyl halides is 1. The number of benzene rings is 1. The summed E-state index contributed by atoms with van der Waals surface area (Å²) in [5.41, 5.74) is 0.876. The zero-order valence-corrected chi connectivity index (χ0v) is 13.0. The van der Waals surface area contributed by atoms with E-state index in [-0.39, 0.29) is 11.3 Å². The number of carbonyl (C=O) groups excluding carboxylic acids is 1. The molecule has 0 unspecified atom stereocenters. The highest BCUT2D eigenvalue weighted by molar-refractivity contribution is 9.10. The van der Waals surface area contributed by atoms with Crippen molar-refractivity contribution in [2.45, 2.75) is 12.8 Å². The van der Waals surface area contributed by atoms with Gasteiger partial charge in [-0.05, 0) is 36.5 Å². The lowest BCUT2D eigenvalue weighted by Crippen LogP contribution is -2.30. The van der Waals surface area contributed by atoms with Gasteiger partial charge in [-0.15, -0.1) is 0 Å². The Balaban J connectivity index is 1.99. The predicted molar refractivity (Wildman–Crippen MR) is 76.9 cm³/mol. The quantitative estimate of drug-likeness (QED) is 0.785. The molecule has 1 saturated carbocycles. The summed E-state index contributed by atoms with van der Waals surface area (Å²) in [6, 6.07) is 5.21. The SMILES string of the molecule is O=C(NCC1(CBr)CC1)c1cc(Cl)cc(Br)c1. The summed E-state index contributed by atoms with van der Waals surface area (Å²) in [6.07, 6.45) is 2.36. The van der Waals surface area contributed by atoms with Crippen molar-refractivity contribution in [1.82, 2.24) is 5.32 Å². The van der Waals surface area contributed by atoms with Crippen LogP contribution < -0.4 is 5.32 Å². The lowest BCUT2D eigenvalue weighted by Gasteiger charge is -2.12. The maximum Gasteiger partial charge on any atom is 0.251 e. The minimum atomic E-state index is -0.0691. The van der Waals surface area contributed by atoms with Gasteiger partial charge in [0.05, 0.1) is 0 Å². The van der Waals surface area contributed by atoms with Crippen molar-refractivity contribution in [2.24, 2.45) is 5.41 Å². The van der Waals surface area contributed by atoms with Gasteiger partial charge in [0.25, 0.3) is 5.91 Å². The summed E-state index contributed by atoms with van der Waals surface area (Å²) in [7, 11) is 0. The third kappa shape index (κ3) is 3.46. The molecule has 92 valence electrons. The first kappa shape index (κ1) is 13.4. The molecule has 0 saturated heterocycles. The number of amides is 1. The second-order valence-electron chi connectivity index (χ2n) is 4.47. The molecule has 17 heavy (non-hydrogen) atoms. The number of hydrogen-bond acceptors (Lipinski definition) is 1. The van der Waals surface area contributed by atoms with Gasteiger partial charge < -0.3 is 5.32 Å². The third-order valence-electron chi connectivity index (χ3n) is 2.99. The van der Waals surface area contributed by atoms with Crippen LogP contribution in [-0.2, 0) is 0 Å². The lowest BCUT2D eigenvalue weighted by molar-refractivity contribution is 0.0946. The molecular formula is C12H12Br2ClNO. The van der Waals surface area contributed by atoms with E-state index in [0.717, 1.165) is 16.3 Å². The van der Waals surface area contributed by atoms with E-state index in [4.69, 9.17) is 11.6 Å². The van der Waals surface area contributed by atoms with Crippen LogP contribution in [0.5, 0.6) is 0 Å². The average molecular weight is 381 g/mol. The van der Waals surface area contributed by atoms with Gasteiger partial charge in [0.15, 0.2) is 0 Å². The van der Waals surface area contributed by atoms with E-state index in [1.165, 1.54) is 12.8 Å². The average Bonchev–Trinajstić information content (AvgIpc) is 3.05. The van der Waals surface area contributed by atoms with Crippen molar-refractivity contribution in [3.05, 3.63) is 33.3 Å². The summed E-state index contributed by atoms with van der Waals surface area (Å²) in [4.78, 5) is 11.9. The standard InChI is InChI=1S/C12H12Br2ClNO/c13-6-12(1-2-12)7-16-11(17)8-3-9(14)5-10(15)4-8/h3-5H,1-2,6-7H2,(H,16,17). The smallest absolute Gasteiger partial charge is 0.251 e. The van der Waals surface area contributed by atoms with Crippen LogP contribution in [-0.4, -0.2) is 17.8 Å². The Hall–Kier alpha value is -0.0600. The fourth-order valence-electron chi connectivity index (χ4n) is 1.59. The fourth-order valence-corrected chi connectivity index (χ4v) is 3.21. The molecule has 0 bridgehead atoms. The van der Waals surface area contributed by atoms with Crippen molar-refractivity contribution in [3.63, 3.8) is 0 Å². The molecule has 0 spiro atoms. The van der Waals surface area contributed by atoms with Crippen molar-refractivity contribution in [3.8, 4) is 0 Å². The molecule has 2 nitrogen and oxygen atoms in total. The molecule has 1 aliphatic rings. The summed E-state index contributed by atoms with van der Waals surface area (Å²) in [5.74, 6) is -0.0691. The van der Waals surface area contributed by atoms with E-state index in [9.17, 15) is 4.79 Å². The number of hydrogen-bond donors (Lipinski definition) is 1. The molecule has 0 heterocycles. The monoisotopic (exact) mass is 379 g/mol. The van der Waals surface area contributed by atoms with Crippen LogP contribution in [0.3, 0.4) is 0 Å². The van der Waals surface area contributed by atoms with Crippen LogP contribution in [0.2, 0.25) is 5.02 Å². The topological polar surface area (TPSA) is 29.1 Å². The predicted octanol–water partition coefficient (Wildman–Crippen LogP) is 4.01. The summed E-state index contributed by atoms with van der Waals surface area (Å²) >= 11 is 12.7. The molecule has 1 aromatic rings. The van der Waals surface area contributed by atoms with Crippen LogP contribution in [0.4, 0.5) is 0 Å². The Morgan fingerprint density at radius 2 is 2.12 bits per heavy atom. The number of carbonyl (C=O) groups is 1. The van der Waals surface area contributed by atoms with Crippen molar-refractivity contribution >= 4 is 49.4 Å². The summed E-state index contributed by atoms with van der Waals surface area (Å²) in [5, 5.41) is 4.46. The van der Waals surface area contributed by atoms with Crippen LogP contribution >= 0.6 is 43.5 Å². The molecule has 0 radical (unpaired) electrons. The molecule has 0 aromatic heterocycles. The van der Waals surface area contributed by atoms with Gasteiger partial charge in [0, 0.05) is 26.9 Å². The third-order valence-corrected chi connectivity index (χ3v) is 4.85. The minimum Gasteiger partial charge on any atom is -0.351 e. The Labute approximate surface area is 122 Å². The highest BCUT2D eigenvalue weighted by atomic mass is 79.9. The molecule has 1 aliphatic carbocycles. The molecule has 2 rings (SSSR count). The minimum absolute atomic E-state index is 0.0691. The molecular weight excluding hydrogens is 369 g/mol. The number of rotatable bonds is 4. The molecule has 0 atom stereocenters. The molecule has 1 aromatic carbocycles. The zero-order chi connectivity index (χ0) is 12.5. The summed E-state index contributed by atoms with van der Waals surface area (Å²) < 4.78 is 0.816. The first-order valence-electron chi connectivity index (χ1n) is 5.35. The van der Waals surface area contributed by atoms with Crippen molar-refractivity contribution < 1.29 is 4.79 Å². The second-order valence-corrected chi connectivity index (χ2v) is 6.39. The second kappa shape index (κ2) is 5.29. The van der Waals surface area contributed by atoms with E-state index in [1.807, 2.05) is 0 Å². The molecule has 1 N–H and O–H groups in total. The summed E-state index contributed by atoms with van der Waals surface area (Å²) in [6.45, 7) is 0.723. The van der Waals surface area contributed by atoms with E-state index < -0.39 is 0 Å². The molecule has 1 fully saturated rings. The van der Waals surface area contributed by atoms with Crippen LogP contribution in [0, 0.1) is 5.41 Å². The fraction of sp³-hybridized carbons (Fsp3) is 0.417. The van der Waals surface area contributed by atoms with E-state index >= 15 is 0 Å². The molecule has 0 aliphatic heterocycles. The number of halogens is 3. The zero-order valence-electron chi connectivity index (χ0n) is 9.10. The van der Waals surface area contributed by atoms with Gasteiger partial charge in [0.2, 0.25) is 0 Å². The van der Waals surface area contributed by atoms with Crippen LogP contribution in [0.25, 0.3) is 0 Å². The van der Waals surface area contributed by atoms with Crippen molar-refractivity contribution in [2.75, 3.05) is 11.9 Å².